The topological polar surface area (TPSA) is 52.7 Å². The largest absolute Gasteiger partial charge is 0.333 e. The lowest BCUT2D eigenvalue weighted by molar-refractivity contribution is -0.117. The summed E-state index contributed by atoms with van der Waals surface area (Å²) >= 11 is 0. The van der Waals surface area contributed by atoms with Gasteiger partial charge in [-0.3, -0.25) is 9.69 Å². The highest BCUT2D eigenvalue weighted by Crippen LogP contribution is 2.24. The van der Waals surface area contributed by atoms with Crippen LogP contribution in [-0.2, 0) is 4.79 Å². The molecule has 5 nitrogen and oxygen atoms in total. The standard InChI is InChI=1S/C23H29N3O2/c1-4-5-13-25(20-9-7-6-8-10-20)23(28)24-19-15-22(27)26(16-19)21-12-11-17(2)18(3)14-21/h6-12,14,19H,4-5,13,15-16H2,1-3H3,(H,24,28). The first-order chi connectivity index (χ1) is 13.5. The fourth-order valence-corrected chi connectivity index (χ4v) is 3.47. The first-order valence-electron chi connectivity index (χ1n) is 10.00. The molecule has 2 aromatic rings. The fourth-order valence-electron chi connectivity index (χ4n) is 3.47. The monoisotopic (exact) mass is 379 g/mol. The molecule has 0 aromatic heterocycles. The van der Waals surface area contributed by atoms with Gasteiger partial charge in [-0.2, -0.15) is 0 Å². The van der Waals surface area contributed by atoms with Gasteiger partial charge in [0.05, 0.1) is 6.04 Å². The molecular weight excluding hydrogens is 350 g/mol. The van der Waals surface area contributed by atoms with Crippen LogP contribution < -0.4 is 15.1 Å². The number of amides is 3. The van der Waals surface area contributed by atoms with Gasteiger partial charge in [0, 0.05) is 30.9 Å². The molecule has 0 saturated carbocycles. The number of aryl methyl sites for hydroxylation is 2. The molecule has 5 heteroatoms. The van der Waals surface area contributed by atoms with Gasteiger partial charge < -0.3 is 10.2 Å². The van der Waals surface area contributed by atoms with Crippen molar-refractivity contribution in [3.63, 3.8) is 0 Å². The summed E-state index contributed by atoms with van der Waals surface area (Å²) in [5.74, 6) is 0.0494. The van der Waals surface area contributed by atoms with E-state index in [4.69, 9.17) is 0 Å². The number of urea groups is 1. The van der Waals surface area contributed by atoms with Crippen LogP contribution in [-0.4, -0.2) is 31.1 Å². The molecule has 1 N–H and O–H groups in total. The third kappa shape index (κ3) is 4.53. The lowest BCUT2D eigenvalue weighted by atomic mass is 10.1. The molecule has 0 bridgehead atoms. The van der Waals surface area contributed by atoms with E-state index in [1.54, 1.807) is 9.80 Å². The van der Waals surface area contributed by atoms with E-state index in [-0.39, 0.29) is 18.0 Å². The van der Waals surface area contributed by atoms with E-state index in [9.17, 15) is 9.59 Å². The number of carbonyl (C=O) groups is 2. The summed E-state index contributed by atoms with van der Waals surface area (Å²) in [5.41, 5.74) is 4.14. The maximum Gasteiger partial charge on any atom is 0.322 e. The minimum Gasteiger partial charge on any atom is -0.333 e. The molecule has 1 saturated heterocycles. The highest BCUT2D eigenvalue weighted by Gasteiger charge is 2.32. The van der Waals surface area contributed by atoms with Crippen LogP contribution in [0.15, 0.2) is 48.5 Å². The molecular formula is C23H29N3O2. The van der Waals surface area contributed by atoms with Crippen molar-refractivity contribution in [2.75, 3.05) is 22.9 Å². The van der Waals surface area contributed by atoms with Crippen LogP contribution in [0.2, 0.25) is 0 Å². The number of nitrogens with zero attached hydrogens (tertiary/aromatic N) is 2. The van der Waals surface area contributed by atoms with Crippen LogP contribution in [0.25, 0.3) is 0 Å². The van der Waals surface area contributed by atoms with Gasteiger partial charge in [0.15, 0.2) is 0 Å². The van der Waals surface area contributed by atoms with Crippen LogP contribution >= 0.6 is 0 Å². The number of rotatable bonds is 6. The van der Waals surface area contributed by atoms with Crippen LogP contribution in [0.3, 0.4) is 0 Å². The van der Waals surface area contributed by atoms with E-state index < -0.39 is 0 Å². The molecule has 1 aliphatic heterocycles. The molecule has 1 atom stereocenters. The summed E-state index contributed by atoms with van der Waals surface area (Å²) in [6.45, 7) is 7.38. The highest BCUT2D eigenvalue weighted by molar-refractivity contribution is 5.98. The Morgan fingerprint density at radius 1 is 1.14 bits per heavy atom. The molecule has 2 aromatic carbocycles. The lowest BCUT2D eigenvalue weighted by Crippen LogP contribution is -2.46. The Morgan fingerprint density at radius 3 is 2.57 bits per heavy atom. The Hall–Kier alpha value is -2.82. The smallest absolute Gasteiger partial charge is 0.322 e. The van der Waals surface area contributed by atoms with Gasteiger partial charge in [-0.05, 0) is 55.7 Å². The fraction of sp³-hybridized carbons (Fsp3) is 0.391. The zero-order valence-corrected chi connectivity index (χ0v) is 16.9. The van der Waals surface area contributed by atoms with Crippen molar-refractivity contribution in [3.05, 3.63) is 59.7 Å². The van der Waals surface area contributed by atoms with E-state index in [0.717, 1.165) is 29.8 Å². The van der Waals surface area contributed by atoms with Crippen LogP contribution in [0.5, 0.6) is 0 Å². The molecule has 1 unspecified atom stereocenters. The molecule has 0 aliphatic carbocycles. The van der Waals surface area contributed by atoms with Gasteiger partial charge in [0.25, 0.3) is 0 Å². The first-order valence-corrected chi connectivity index (χ1v) is 10.00. The molecule has 1 fully saturated rings. The Balaban J connectivity index is 1.69. The van der Waals surface area contributed by atoms with Crippen molar-refractivity contribution < 1.29 is 9.59 Å². The molecule has 148 valence electrons. The number of benzene rings is 2. The van der Waals surface area contributed by atoms with Gasteiger partial charge in [-0.25, -0.2) is 4.79 Å². The second-order valence-corrected chi connectivity index (χ2v) is 7.46. The molecule has 1 aliphatic rings. The summed E-state index contributed by atoms with van der Waals surface area (Å²) < 4.78 is 0. The summed E-state index contributed by atoms with van der Waals surface area (Å²) in [5, 5.41) is 3.07. The average Bonchev–Trinajstić information content (AvgIpc) is 3.05. The minimum absolute atomic E-state index is 0.0494. The summed E-state index contributed by atoms with van der Waals surface area (Å²) in [6, 6.07) is 15.4. The van der Waals surface area contributed by atoms with Crippen LogP contribution in [0, 0.1) is 13.8 Å². The van der Waals surface area contributed by atoms with Crippen molar-refractivity contribution in [1.82, 2.24) is 5.32 Å². The summed E-state index contributed by atoms with van der Waals surface area (Å²) in [6.07, 6.45) is 2.27. The van der Waals surface area contributed by atoms with E-state index >= 15 is 0 Å². The number of hydrogen-bond acceptors (Lipinski definition) is 2. The van der Waals surface area contributed by atoms with Crippen molar-refractivity contribution in [1.29, 1.82) is 0 Å². The van der Waals surface area contributed by atoms with Gasteiger partial charge in [0.2, 0.25) is 5.91 Å². The summed E-state index contributed by atoms with van der Waals surface area (Å²) in [4.78, 5) is 29.0. The average molecular weight is 380 g/mol. The zero-order chi connectivity index (χ0) is 20.1. The maximum absolute atomic E-state index is 12.9. The van der Waals surface area contributed by atoms with Crippen molar-refractivity contribution in [2.45, 2.75) is 46.1 Å². The predicted octanol–water partition coefficient (Wildman–Crippen LogP) is 4.43. The first kappa shape index (κ1) is 19.9. The molecule has 3 rings (SSSR count). The number of anilines is 2. The van der Waals surface area contributed by atoms with E-state index in [1.807, 2.05) is 55.5 Å². The zero-order valence-electron chi connectivity index (χ0n) is 16.9. The number of unbranched alkanes of at least 4 members (excludes halogenated alkanes) is 1. The normalized spacial score (nSPS) is 16.3. The SMILES string of the molecule is CCCCN(C(=O)NC1CC(=O)N(c2ccc(C)c(C)c2)C1)c1ccccc1. The second kappa shape index (κ2) is 8.91. The van der Waals surface area contributed by atoms with Crippen molar-refractivity contribution >= 4 is 23.3 Å². The Morgan fingerprint density at radius 2 is 1.89 bits per heavy atom. The Kier molecular flexibility index (Phi) is 6.34. The predicted molar refractivity (Wildman–Crippen MR) is 114 cm³/mol. The van der Waals surface area contributed by atoms with Crippen LogP contribution in [0.1, 0.15) is 37.3 Å². The number of hydrogen-bond donors (Lipinski definition) is 1. The maximum atomic E-state index is 12.9. The molecule has 3 amide bonds. The lowest BCUT2D eigenvalue weighted by Gasteiger charge is -2.25. The van der Waals surface area contributed by atoms with E-state index in [1.165, 1.54) is 5.56 Å². The third-order valence-corrected chi connectivity index (χ3v) is 5.30. The van der Waals surface area contributed by atoms with Gasteiger partial charge >= 0.3 is 6.03 Å². The number of carbonyl (C=O) groups excluding carboxylic acids is 2. The minimum atomic E-state index is -0.186. The number of nitrogens with one attached hydrogen (secondary N) is 1. The second-order valence-electron chi connectivity index (χ2n) is 7.46. The Labute approximate surface area is 167 Å². The molecule has 0 spiro atoms. The van der Waals surface area contributed by atoms with Crippen molar-refractivity contribution in [3.8, 4) is 0 Å². The quantitative estimate of drug-likeness (QED) is 0.807. The van der Waals surface area contributed by atoms with Crippen LogP contribution in [0.4, 0.5) is 16.2 Å². The Bertz CT molecular complexity index is 835. The molecule has 28 heavy (non-hydrogen) atoms. The highest BCUT2D eigenvalue weighted by atomic mass is 16.2. The molecule has 0 radical (unpaired) electrons. The van der Waals surface area contributed by atoms with Gasteiger partial charge in [-0.15, -0.1) is 0 Å². The third-order valence-electron chi connectivity index (χ3n) is 5.30. The number of para-hydroxylation sites is 1. The van der Waals surface area contributed by atoms with Crippen molar-refractivity contribution in [2.24, 2.45) is 0 Å². The molecule has 1 heterocycles. The van der Waals surface area contributed by atoms with Gasteiger partial charge in [-0.1, -0.05) is 37.6 Å². The summed E-state index contributed by atoms with van der Waals surface area (Å²) in [7, 11) is 0. The van der Waals surface area contributed by atoms with E-state index in [0.29, 0.717) is 19.5 Å². The van der Waals surface area contributed by atoms with Gasteiger partial charge in [0.1, 0.15) is 0 Å². The van der Waals surface area contributed by atoms with E-state index in [2.05, 4.69) is 19.2 Å².